The van der Waals surface area contributed by atoms with E-state index in [0.29, 0.717) is 11.1 Å². The molecular weight excluding hydrogens is 260 g/mol. The van der Waals surface area contributed by atoms with E-state index in [4.69, 9.17) is 10.2 Å². The van der Waals surface area contributed by atoms with Crippen LogP contribution in [0.4, 0.5) is 0 Å². The molecule has 0 spiro atoms. The zero-order chi connectivity index (χ0) is 14.5. The average Bonchev–Trinajstić information content (AvgIpc) is 2.43. The lowest BCUT2D eigenvalue weighted by atomic mass is 10.2. The van der Waals surface area contributed by atoms with Crippen LogP contribution in [-0.4, -0.2) is 27.4 Å². The first-order chi connectivity index (χ1) is 9.56. The number of nitrogens with zero attached hydrogens (tertiary/aromatic N) is 1. The van der Waals surface area contributed by atoms with E-state index in [0.717, 1.165) is 0 Å². The lowest BCUT2D eigenvalue weighted by Crippen LogP contribution is -2.17. The largest absolute Gasteiger partial charge is 0.508 e. The van der Waals surface area contributed by atoms with Crippen LogP contribution >= 0.6 is 0 Å². The summed E-state index contributed by atoms with van der Waals surface area (Å²) in [7, 11) is 0. The highest BCUT2D eigenvalue weighted by atomic mass is 16.3. The van der Waals surface area contributed by atoms with Crippen molar-refractivity contribution in [3.8, 4) is 17.2 Å². The van der Waals surface area contributed by atoms with Crippen LogP contribution in [-0.2, 0) is 0 Å². The molecule has 0 atom stereocenters. The van der Waals surface area contributed by atoms with Crippen LogP contribution in [0.25, 0.3) is 0 Å². The molecule has 102 valence electrons. The molecule has 4 N–H and O–H groups in total. The molecule has 0 unspecified atom stereocenters. The lowest BCUT2D eigenvalue weighted by molar-refractivity contribution is 0.0955. The number of rotatable bonds is 3. The molecule has 0 aliphatic carbocycles. The highest BCUT2D eigenvalue weighted by Gasteiger charge is 2.03. The lowest BCUT2D eigenvalue weighted by Gasteiger charge is -2.00. The molecule has 0 saturated carbocycles. The number of aromatic hydroxyl groups is 3. The van der Waals surface area contributed by atoms with Crippen molar-refractivity contribution < 1.29 is 20.1 Å². The Balaban J connectivity index is 2.00. The number of carbonyl (C=O) groups is 1. The van der Waals surface area contributed by atoms with E-state index in [1.165, 1.54) is 48.7 Å². The van der Waals surface area contributed by atoms with Gasteiger partial charge in [0, 0.05) is 5.56 Å². The third kappa shape index (κ3) is 3.26. The molecule has 0 bridgehead atoms. The minimum atomic E-state index is -0.427. The minimum Gasteiger partial charge on any atom is -0.508 e. The van der Waals surface area contributed by atoms with Gasteiger partial charge in [-0.05, 0) is 48.0 Å². The molecule has 0 saturated heterocycles. The first kappa shape index (κ1) is 13.4. The molecule has 0 fully saturated rings. The molecule has 0 radical (unpaired) electrons. The predicted molar refractivity (Wildman–Crippen MR) is 72.9 cm³/mol. The Hall–Kier alpha value is -3.02. The van der Waals surface area contributed by atoms with Crippen LogP contribution in [0.1, 0.15) is 15.9 Å². The zero-order valence-electron chi connectivity index (χ0n) is 10.3. The maximum absolute atomic E-state index is 11.7. The van der Waals surface area contributed by atoms with Gasteiger partial charge in [-0.3, -0.25) is 4.79 Å². The number of hydrogen-bond donors (Lipinski definition) is 4. The molecule has 6 nitrogen and oxygen atoms in total. The number of hydrogen-bond acceptors (Lipinski definition) is 5. The molecule has 0 aliphatic heterocycles. The van der Waals surface area contributed by atoms with Crippen LogP contribution in [0.5, 0.6) is 17.2 Å². The first-order valence-corrected chi connectivity index (χ1v) is 5.70. The van der Waals surface area contributed by atoms with Gasteiger partial charge in [0.2, 0.25) is 0 Å². The van der Waals surface area contributed by atoms with Gasteiger partial charge in [-0.2, -0.15) is 5.10 Å². The maximum atomic E-state index is 11.7. The van der Waals surface area contributed by atoms with Crippen molar-refractivity contribution in [2.24, 2.45) is 5.10 Å². The topological polar surface area (TPSA) is 102 Å². The van der Waals surface area contributed by atoms with Crippen LogP contribution in [0.3, 0.4) is 0 Å². The number of benzene rings is 2. The summed E-state index contributed by atoms with van der Waals surface area (Å²) in [5.74, 6) is -0.844. The predicted octanol–water partition coefficient (Wildman–Crippen LogP) is 1.57. The fourth-order valence-electron chi connectivity index (χ4n) is 1.46. The summed E-state index contributed by atoms with van der Waals surface area (Å²) in [4.78, 5) is 11.7. The van der Waals surface area contributed by atoms with E-state index in [1.54, 1.807) is 0 Å². The van der Waals surface area contributed by atoms with Crippen LogP contribution in [0.15, 0.2) is 47.6 Å². The Morgan fingerprint density at radius 3 is 2.35 bits per heavy atom. The molecule has 0 heterocycles. The Bertz CT molecular complexity index is 651. The molecule has 2 aromatic rings. The van der Waals surface area contributed by atoms with E-state index in [9.17, 15) is 9.90 Å². The quantitative estimate of drug-likeness (QED) is 0.387. The van der Waals surface area contributed by atoms with Gasteiger partial charge in [0.05, 0.1) is 6.21 Å². The van der Waals surface area contributed by atoms with Crippen molar-refractivity contribution in [1.29, 1.82) is 0 Å². The van der Waals surface area contributed by atoms with E-state index in [-0.39, 0.29) is 17.2 Å². The fraction of sp³-hybridized carbons (Fsp3) is 0. The maximum Gasteiger partial charge on any atom is 0.271 e. The molecule has 0 aromatic heterocycles. The number of amides is 1. The highest BCUT2D eigenvalue weighted by molar-refractivity contribution is 5.95. The summed E-state index contributed by atoms with van der Waals surface area (Å²) in [5, 5.41) is 31.3. The number of phenols is 3. The van der Waals surface area contributed by atoms with Crippen LogP contribution in [0, 0.1) is 0 Å². The standard InChI is InChI=1S/C14H12N2O4/c17-11-4-2-10(3-5-11)14(20)16-15-8-9-1-6-12(18)13(19)7-9/h1-8,17-19H,(H,16,20). The van der Waals surface area contributed by atoms with Gasteiger partial charge in [-0.1, -0.05) is 0 Å². The van der Waals surface area contributed by atoms with Gasteiger partial charge in [-0.25, -0.2) is 5.43 Å². The van der Waals surface area contributed by atoms with Gasteiger partial charge < -0.3 is 15.3 Å². The van der Waals surface area contributed by atoms with Crippen molar-refractivity contribution in [1.82, 2.24) is 5.43 Å². The molecule has 20 heavy (non-hydrogen) atoms. The van der Waals surface area contributed by atoms with Gasteiger partial charge >= 0.3 is 0 Å². The molecule has 6 heteroatoms. The Labute approximate surface area is 114 Å². The summed E-state index contributed by atoms with van der Waals surface area (Å²) in [6, 6.07) is 9.89. The van der Waals surface area contributed by atoms with Gasteiger partial charge in [0.25, 0.3) is 5.91 Å². The third-order valence-corrected chi connectivity index (χ3v) is 2.51. The van der Waals surface area contributed by atoms with Crippen molar-refractivity contribution >= 4 is 12.1 Å². The zero-order valence-corrected chi connectivity index (χ0v) is 10.3. The van der Waals surface area contributed by atoms with Gasteiger partial charge in [0.15, 0.2) is 11.5 Å². The number of nitrogens with one attached hydrogen (secondary N) is 1. The van der Waals surface area contributed by atoms with Gasteiger partial charge in [0.1, 0.15) is 5.75 Å². The highest BCUT2D eigenvalue weighted by Crippen LogP contribution is 2.23. The van der Waals surface area contributed by atoms with Crippen LogP contribution in [0.2, 0.25) is 0 Å². The number of carbonyl (C=O) groups excluding carboxylic acids is 1. The molecule has 0 aliphatic rings. The Morgan fingerprint density at radius 2 is 1.70 bits per heavy atom. The fourth-order valence-corrected chi connectivity index (χ4v) is 1.46. The molecule has 2 aromatic carbocycles. The normalized spacial score (nSPS) is 10.6. The van der Waals surface area contributed by atoms with Crippen molar-refractivity contribution in [3.63, 3.8) is 0 Å². The summed E-state index contributed by atoms with van der Waals surface area (Å²) in [6.45, 7) is 0. The first-order valence-electron chi connectivity index (χ1n) is 5.70. The van der Waals surface area contributed by atoms with Crippen molar-refractivity contribution in [2.75, 3.05) is 0 Å². The van der Waals surface area contributed by atoms with Gasteiger partial charge in [-0.15, -0.1) is 0 Å². The monoisotopic (exact) mass is 272 g/mol. The minimum absolute atomic E-state index is 0.0737. The SMILES string of the molecule is O=C(NN=Cc1ccc(O)c(O)c1)c1ccc(O)cc1. The van der Waals surface area contributed by atoms with Crippen molar-refractivity contribution in [2.45, 2.75) is 0 Å². The number of hydrazone groups is 1. The third-order valence-electron chi connectivity index (χ3n) is 2.51. The molecule has 1 amide bonds. The second kappa shape index (κ2) is 5.75. The van der Waals surface area contributed by atoms with Crippen molar-refractivity contribution in [3.05, 3.63) is 53.6 Å². The van der Waals surface area contributed by atoms with E-state index >= 15 is 0 Å². The average molecular weight is 272 g/mol. The number of phenolic OH excluding ortho intramolecular Hbond substituents is 3. The summed E-state index contributed by atoms with van der Waals surface area (Å²) in [6.07, 6.45) is 1.33. The Kier molecular flexibility index (Phi) is 3.85. The summed E-state index contributed by atoms with van der Waals surface area (Å²) in [5.41, 5.74) is 3.18. The summed E-state index contributed by atoms with van der Waals surface area (Å²) >= 11 is 0. The molecule has 2 rings (SSSR count). The van der Waals surface area contributed by atoms with Crippen LogP contribution < -0.4 is 5.43 Å². The van der Waals surface area contributed by atoms with E-state index < -0.39 is 5.91 Å². The Morgan fingerprint density at radius 1 is 1.00 bits per heavy atom. The second-order valence-corrected chi connectivity index (χ2v) is 3.99. The second-order valence-electron chi connectivity index (χ2n) is 3.99. The summed E-state index contributed by atoms with van der Waals surface area (Å²) < 4.78 is 0. The smallest absolute Gasteiger partial charge is 0.271 e. The van der Waals surface area contributed by atoms with E-state index in [2.05, 4.69) is 10.5 Å². The molecular formula is C14H12N2O4. The van der Waals surface area contributed by atoms with E-state index in [1.807, 2.05) is 0 Å².